The van der Waals surface area contributed by atoms with Crippen molar-refractivity contribution in [2.75, 3.05) is 5.32 Å². The molecule has 7 heteroatoms. The van der Waals surface area contributed by atoms with Crippen molar-refractivity contribution in [3.8, 4) is 0 Å². The summed E-state index contributed by atoms with van der Waals surface area (Å²) in [5.41, 5.74) is 7.14. The number of esters is 1. The molecule has 1 aromatic heterocycles. The number of rotatable bonds is 4. The van der Waals surface area contributed by atoms with E-state index in [-0.39, 0.29) is 17.3 Å². The molecule has 0 unspecified atom stereocenters. The van der Waals surface area contributed by atoms with Crippen LogP contribution < -0.4 is 11.1 Å². The van der Waals surface area contributed by atoms with Gasteiger partial charge in [0, 0.05) is 16.6 Å². The highest BCUT2D eigenvalue weighted by atomic mass is 35.5. The first-order valence-electron chi connectivity index (χ1n) is 7.41. The SMILES string of the molecule is NC(=O)Nc1cccc(C(=O)OCc2cc3ccccc3nc2Cl)c1. The van der Waals surface area contributed by atoms with Crippen molar-refractivity contribution in [1.82, 2.24) is 4.98 Å². The molecule has 3 rings (SSSR count). The van der Waals surface area contributed by atoms with Crippen LogP contribution in [0.5, 0.6) is 0 Å². The molecule has 0 aliphatic heterocycles. The number of fused-ring (bicyclic) bond motifs is 1. The highest BCUT2D eigenvalue weighted by Crippen LogP contribution is 2.21. The maximum atomic E-state index is 12.2. The predicted molar refractivity (Wildman–Crippen MR) is 95.5 cm³/mol. The first-order valence-corrected chi connectivity index (χ1v) is 7.78. The third-order valence-electron chi connectivity index (χ3n) is 3.47. The number of urea groups is 1. The van der Waals surface area contributed by atoms with Crippen LogP contribution in [0, 0.1) is 0 Å². The van der Waals surface area contributed by atoms with E-state index in [1.54, 1.807) is 18.2 Å². The molecule has 0 aliphatic carbocycles. The number of nitrogens with two attached hydrogens (primary N) is 1. The molecule has 6 nitrogen and oxygen atoms in total. The van der Waals surface area contributed by atoms with E-state index >= 15 is 0 Å². The van der Waals surface area contributed by atoms with Crippen molar-refractivity contribution >= 4 is 40.2 Å². The lowest BCUT2D eigenvalue weighted by molar-refractivity contribution is 0.0472. The molecule has 3 aromatic rings. The summed E-state index contributed by atoms with van der Waals surface area (Å²) in [6, 6.07) is 14.9. The van der Waals surface area contributed by atoms with Crippen LogP contribution in [0.2, 0.25) is 5.15 Å². The van der Waals surface area contributed by atoms with Crippen LogP contribution in [0.15, 0.2) is 54.6 Å². The number of ether oxygens (including phenoxy) is 1. The van der Waals surface area contributed by atoms with Gasteiger partial charge in [0.2, 0.25) is 0 Å². The van der Waals surface area contributed by atoms with E-state index in [1.165, 1.54) is 6.07 Å². The molecule has 1 heterocycles. The second kappa shape index (κ2) is 7.19. The molecule has 126 valence electrons. The van der Waals surface area contributed by atoms with Crippen molar-refractivity contribution < 1.29 is 14.3 Å². The Kier molecular flexibility index (Phi) is 4.81. The van der Waals surface area contributed by atoms with Crippen LogP contribution >= 0.6 is 11.6 Å². The fourth-order valence-electron chi connectivity index (χ4n) is 2.33. The zero-order chi connectivity index (χ0) is 17.8. The number of hydrogen-bond donors (Lipinski definition) is 2. The minimum Gasteiger partial charge on any atom is -0.457 e. The number of benzene rings is 2. The van der Waals surface area contributed by atoms with Gasteiger partial charge in [-0.3, -0.25) is 0 Å². The van der Waals surface area contributed by atoms with Gasteiger partial charge in [0.1, 0.15) is 11.8 Å². The summed E-state index contributed by atoms with van der Waals surface area (Å²) in [4.78, 5) is 27.4. The average molecular weight is 356 g/mol. The van der Waals surface area contributed by atoms with E-state index in [0.717, 1.165) is 10.9 Å². The van der Waals surface area contributed by atoms with Gasteiger partial charge >= 0.3 is 12.0 Å². The largest absolute Gasteiger partial charge is 0.457 e. The molecule has 0 bridgehead atoms. The summed E-state index contributed by atoms with van der Waals surface area (Å²) < 4.78 is 5.30. The molecule has 2 aromatic carbocycles. The number of carbonyl (C=O) groups excluding carboxylic acids is 2. The number of aromatic nitrogens is 1. The highest BCUT2D eigenvalue weighted by molar-refractivity contribution is 6.30. The maximum Gasteiger partial charge on any atom is 0.338 e. The Morgan fingerprint density at radius 1 is 1.12 bits per heavy atom. The van der Waals surface area contributed by atoms with Crippen molar-refractivity contribution in [3.63, 3.8) is 0 Å². The van der Waals surface area contributed by atoms with Gasteiger partial charge in [-0.1, -0.05) is 35.9 Å². The van der Waals surface area contributed by atoms with E-state index in [1.807, 2.05) is 30.3 Å². The summed E-state index contributed by atoms with van der Waals surface area (Å²) in [6.45, 7) is -0.0109. The van der Waals surface area contributed by atoms with Crippen LogP contribution in [0.3, 0.4) is 0 Å². The highest BCUT2D eigenvalue weighted by Gasteiger charge is 2.11. The fraction of sp³-hybridized carbons (Fsp3) is 0.0556. The van der Waals surface area contributed by atoms with E-state index in [2.05, 4.69) is 10.3 Å². The Morgan fingerprint density at radius 2 is 1.92 bits per heavy atom. The molecule has 0 radical (unpaired) electrons. The van der Waals surface area contributed by atoms with Gasteiger partial charge in [-0.05, 0) is 30.3 Å². The van der Waals surface area contributed by atoms with Crippen LogP contribution in [-0.2, 0) is 11.3 Å². The fourth-order valence-corrected chi connectivity index (χ4v) is 2.53. The molecule has 0 spiro atoms. The van der Waals surface area contributed by atoms with Gasteiger partial charge < -0.3 is 15.8 Å². The van der Waals surface area contributed by atoms with Crippen molar-refractivity contribution in [2.45, 2.75) is 6.61 Å². The van der Waals surface area contributed by atoms with Gasteiger partial charge in [0.25, 0.3) is 0 Å². The van der Waals surface area contributed by atoms with E-state index in [4.69, 9.17) is 22.1 Å². The number of para-hydroxylation sites is 1. The zero-order valence-corrected chi connectivity index (χ0v) is 13.8. The summed E-state index contributed by atoms with van der Waals surface area (Å²) >= 11 is 6.15. The number of hydrogen-bond acceptors (Lipinski definition) is 4. The number of halogens is 1. The third-order valence-corrected chi connectivity index (χ3v) is 3.80. The molecule has 25 heavy (non-hydrogen) atoms. The van der Waals surface area contributed by atoms with Gasteiger partial charge in [-0.2, -0.15) is 0 Å². The maximum absolute atomic E-state index is 12.2. The molecule has 3 N–H and O–H groups in total. The number of amides is 2. The normalized spacial score (nSPS) is 10.4. The Labute approximate surface area is 148 Å². The van der Waals surface area contributed by atoms with Crippen LogP contribution in [0.25, 0.3) is 10.9 Å². The first-order chi connectivity index (χ1) is 12.0. The Morgan fingerprint density at radius 3 is 2.72 bits per heavy atom. The lowest BCUT2D eigenvalue weighted by atomic mass is 10.1. The molecule has 0 atom stereocenters. The van der Waals surface area contributed by atoms with Crippen molar-refractivity contribution in [1.29, 1.82) is 0 Å². The molecule has 0 fully saturated rings. The Balaban J connectivity index is 1.74. The van der Waals surface area contributed by atoms with Gasteiger partial charge in [0.05, 0.1) is 11.1 Å². The summed E-state index contributed by atoms with van der Waals surface area (Å²) in [5, 5.41) is 3.60. The molecular formula is C18H14ClN3O3. The van der Waals surface area contributed by atoms with Crippen molar-refractivity contribution in [2.24, 2.45) is 5.73 Å². The second-order valence-corrected chi connectivity index (χ2v) is 5.64. The van der Waals surface area contributed by atoms with Gasteiger partial charge in [-0.25, -0.2) is 14.6 Å². The zero-order valence-electron chi connectivity index (χ0n) is 13.0. The molecule has 2 amide bonds. The minimum atomic E-state index is -0.709. The Hall–Kier alpha value is -3.12. The lowest BCUT2D eigenvalue weighted by Crippen LogP contribution is -2.19. The van der Waals surface area contributed by atoms with E-state index in [9.17, 15) is 9.59 Å². The van der Waals surface area contributed by atoms with Crippen LogP contribution in [0.4, 0.5) is 10.5 Å². The number of pyridine rings is 1. The quantitative estimate of drug-likeness (QED) is 0.550. The smallest absolute Gasteiger partial charge is 0.338 e. The van der Waals surface area contributed by atoms with Gasteiger partial charge in [0.15, 0.2) is 0 Å². The Bertz CT molecular complexity index is 959. The van der Waals surface area contributed by atoms with Crippen molar-refractivity contribution in [3.05, 3.63) is 70.9 Å². The molecule has 0 aliphatic rings. The first kappa shape index (κ1) is 16.7. The van der Waals surface area contributed by atoms with Crippen LogP contribution in [-0.4, -0.2) is 17.0 Å². The third kappa shape index (κ3) is 4.05. The predicted octanol–water partition coefficient (Wildman–Crippen LogP) is 3.74. The van der Waals surface area contributed by atoms with Gasteiger partial charge in [-0.15, -0.1) is 0 Å². The number of nitrogens with one attached hydrogen (secondary N) is 1. The summed E-state index contributed by atoms with van der Waals surface area (Å²) in [6.07, 6.45) is 0. The average Bonchev–Trinajstić information content (AvgIpc) is 2.59. The van der Waals surface area contributed by atoms with Crippen LogP contribution in [0.1, 0.15) is 15.9 Å². The van der Waals surface area contributed by atoms with E-state index < -0.39 is 12.0 Å². The number of anilines is 1. The molecule has 0 saturated heterocycles. The standard InChI is InChI=1S/C18H14ClN3O3/c19-16-13(8-11-4-1-2-7-15(11)22-16)10-25-17(23)12-5-3-6-14(9-12)21-18(20)24/h1-9H,10H2,(H3,20,21,24). The summed E-state index contributed by atoms with van der Waals surface area (Å²) in [5.74, 6) is -0.544. The number of carbonyl (C=O) groups is 2. The molecule has 0 saturated carbocycles. The second-order valence-electron chi connectivity index (χ2n) is 5.28. The monoisotopic (exact) mass is 355 g/mol. The number of nitrogens with zero attached hydrogens (tertiary/aromatic N) is 1. The topological polar surface area (TPSA) is 94.3 Å². The lowest BCUT2D eigenvalue weighted by Gasteiger charge is -2.09. The summed E-state index contributed by atoms with van der Waals surface area (Å²) in [7, 11) is 0. The number of primary amides is 1. The minimum absolute atomic E-state index is 0.0109. The molecular weight excluding hydrogens is 342 g/mol. The van der Waals surface area contributed by atoms with E-state index in [0.29, 0.717) is 11.3 Å².